The van der Waals surface area contributed by atoms with Gasteiger partial charge in [-0.1, -0.05) is 18.2 Å². The van der Waals surface area contributed by atoms with Crippen molar-refractivity contribution in [2.45, 2.75) is 37.1 Å². The molecule has 1 fully saturated rings. The number of aliphatic hydroxyl groups is 4. The number of primary amides is 1. The van der Waals surface area contributed by atoms with Crippen LogP contribution in [-0.4, -0.2) is 97.7 Å². The molecule has 6 rings (SSSR count). The topological polar surface area (TPSA) is 185 Å². The van der Waals surface area contributed by atoms with Gasteiger partial charge in [0.1, 0.15) is 22.8 Å². The number of likely N-dealkylation sites (N-methyl/N-ethyl adjacent to an activating group) is 1. The summed E-state index contributed by atoms with van der Waals surface area (Å²) in [6.45, 7) is 1.68. The Morgan fingerprint density at radius 3 is 2.48 bits per heavy atom. The van der Waals surface area contributed by atoms with Crippen molar-refractivity contribution in [1.82, 2.24) is 9.80 Å². The highest BCUT2D eigenvalue weighted by molar-refractivity contribution is 6.25. The molecule has 3 aliphatic carbocycles. The number of carbonyl (C=O) groups excluding carboxylic acids is 3. The zero-order chi connectivity index (χ0) is 28.8. The van der Waals surface area contributed by atoms with Crippen LogP contribution in [0.25, 0.3) is 10.8 Å². The number of nitrogens with two attached hydrogens (primary N) is 1. The summed E-state index contributed by atoms with van der Waals surface area (Å²) >= 11 is 0. The SMILES string of the molecule is CN(C)[C@@H]1C(O)=C(C(N)=O)C(=O)[C@@]2(O)C(O)=C3C(=O)c4c(cc5ccc(CN6CC(O)C6)cc5c4O)C[C@H]3C[C@@H]12. The fraction of sp³-hybridized carbons (Fsp3) is 0.414. The second kappa shape index (κ2) is 8.87. The van der Waals surface area contributed by atoms with Crippen molar-refractivity contribution in [3.8, 4) is 5.75 Å². The van der Waals surface area contributed by atoms with Crippen LogP contribution >= 0.6 is 0 Å². The molecular formula is C29H31N3O8. The van der Waals surface area contributed by atoms with E-state index in [1.165, 1.54) is 4.90 Å². The summed E-state index contributed by atoms with van der Waals surface area (Å²) in [6, 6.07) is 6.38. The monoisotopic (exact) mass is 549 g/mol. The van der Waals surface area contributed by atoms with Gasteiger partial charge in [0.2, 0.25) is 5.78 Å². The molecule has 1 aliphatic heterocycles. The highest BCUT2D eigenvalue weighted by Crippen LogP contribution is 2.52. The number of fused-ring (bicyclic) bond motifs is 4. The Hall–Kier alpha value is -3.77. The number of phenolic OH excluding ortho intramolecular Hbond substituents is 1. The second-order valence-electron chi connectivity index (χ2n) is 11.6. The number of aromatic hydroxyl groups is 1. The van der Waals surface area contributed by atoms with E-state index < -0.39 is 58.0 Å². The van der Waals surface area contributed by atoms with E-state index in [1.807, 2.05) is 23.1 Å². The van der Waals surface area contributed by atoms with Crippen molar-refractivity contribution >= 4 is 28.2 Å². The van der Waals surface area contributed by atoms with E-state index in [9.17, 15) is 39.9 Å². The summed E-state index contributed by atoms with van der Waals surface area (Å²) in [7, 11) is 3.19. The van der Waals surface area contributed by atoms with Crippen LogP contribution in [0.5, 0.6) is 5.75 Å². The number of rotatable bonds is 4. The van der Waals surface area contributed by atoms with Gasteiger partial charge in [0.15, 0.2) is 11.4 Å². The number of Topliss-reactive ketones (excluding diaryl/α,β-unsaturated/α-hetero) is 2. The number of allylic oxidation sites excluding steroid dienone is 1. The first kappa shape index (κ1) is 26.5. The average Bonchev–Trinajstić information content (AvgIpc) is 2.85. The molecule has 11 heteroatoms. The molecule has 4 aliphatic rings. The van der Waals surface area contributed by atoms with Gasteiger partial charge in [0.25, 0.3) is 5.91 Å². The normalized spacial score (nSPS) is 29.0. The van der Waals surface area contributed by atoms with Crippen molar-refractivity contribution in [2.75, 3.05) is 27.2 Å². The molecule has 4 atom stereocenters. The number of likely N-dealkylation sites (tertiary alicyclic amines) is 1. The third-order valence-corrected chi connectivity index (χ3v) is 8.94. The summed E-state index contributed by atoms with van der Waals surface area (Å²) < 4.78 is 0. The van der Waals surface area contributed by atoms with Gasteiger partial charge in [0.05, 0.1) is 17.7 Å². The van der Waals surface area contributed by atoms with Crippen LogP contribution in [0.3, 0.4) is 0 Å². The van der Waals surface area contributed by atoms with Gasteiger partial charge in [0, 0.05) is 36.5 Å². The molecule has 210 valence electrons. The van der Waals surface area contributed by atoms with E-state index in [1.54, 1.807) is 20.2 Å². The maximum absolute atomic E-state index is 13.9. The van der Waals surface area contributed by atoms with E-state index in [4.69, 9.17) is 5.73 Å². The smallest absolute Gasteiger partial charge is 0.255 e. The van der Waals surface area contributed by atoms with Crippen molar-refractivity contribution < 1.29 is 39.9 Å². The van der Waals surface area contributed by atoms with Crippen molar-refractivity contribution in [3.63, 3.8) is 0 Å². The predicted octanol–water partition coefficient (Wildman–Crippen LogP) is 0.450. The van der Waals surface area contributed by atoms with Crippen LogP contribution < -0.4 is 5.73 Å². The summed E-state index contributed by atoms with van der Waals surface area (Å²) in [4.78, 5) is 43.0. The number of amides is 1. The summed E-state index contributed by atoms with van der Waals surface area (Å²) in [5.74, 6) is -6.62. The number of nitrogens with zero attached hydrogens (tertiary/aromatic N) is 2. The number of hydrogen-bond donors (Lipinski definition) is 6. The number of β-amino-alcohol motifs (C(OH)–C–C–N with tert-alkyl or cyclic N) is 1. The highest BCUT2D eigenvalue weighted by Gasteiger charge is 2.63. The predicted molar refractivity (Wildman–Crippen MR) is 142 cm³/mol. The Labute approximate surface area is 229 Å². The number of phenols is 1. The molecule has 2 aromatic carbocycles. The third kappa shape index (κ3) is 3.55. The molecule has 2 aromatic rings. The molecule has 1 amide bonds. The zero-order valence-corrected chi connectivity index (χ0v) is 22.1. The molecule has 1 saturated heterocycles. The Morgan fingerprint density at radius 2 is 1.85 bits per heavy atom. The first-order chi connectivity index (χ1) is 18.8. The molecule has 0 radical (unpaired) electrons. The highest BCUT2D eigenvalue weighted by atomic mass is 16.3. The standard InChI is InChI=1S/C29H31N3O8/c1-31(2)22-18-8-15-7-14-6-13-4-3-12(9-32-10-16(33)11-32)5-17(13)23(34)19(14)24(35)20(15)26(37)29(18,40)27(38)21(25(22)36)28(30)39/h3-6,15-16,18,22,33-34,36-37,40H,7-11H2,1-2H3,(H2,30,39)/t15-,18-,22-,29-/m0/s1. The summed E-state index contributed by atoms with van der Waals surface area (Å²) in [6.07, 6.45) is -0.0590. The molecule has 0 bridgehead atoms. The van der Waals surface area contributed by atoms with Crippen LogP contribution in [-0.2, 0) is 22.6 Å². The molecule has 0 saturated carbocycles. The number of benzene rings is 2. The quantitative estimate of drug-likeness (QED) is 0.293. The van der Waals surface area contributed by atoms with Gasteiger partial charge in [-0.3, -0.25) is 24.2 Å². The largest absolute Gasteiger partial charge is 0.510 e. The lowest BCUT2D eigenvalue weighted by Gasteiger charge is -2.50. The Balaban J connectivity index is 1.47. The number of ketones is 2. The number of carbonyl (C=O) groups is 3. The second-order valence-corrected chi connectivity index (χ2v) is 11.6. The first-order valence-electron chi connectivity index (χ1n) is 13.2. The average molecular weight is 550 g/mol. The summed E-state index contributed by atoms with van der Waals surface area (Å²) in [5.41, 5.74) is 3.15. The van der Waals surface area contributed by atoms with E-state index >= 15 is 0 Å². The van der Waals surface area contributed by atoms with Crippen LogP contribution in [0.1, 0.15) is 27.9 Å². The minimum Gasteiger partial charge on any atom is -0.510 e. The van der Waals surface area contributed by atoms with Gasteiger partial charge in [-0.05, 0) is 55.4 Å². The Kier molecular flexibility index (Phi) is 5.86. The zero-order valence-electron chi connectivity index (χ0n) is 22.1. The van der Waals surface area contributed by atoms with Gasteiger partial charge < -0.3 is 31.3 Å². The molecule has 0 spiro atoms. The molecule has 7 N–H and O–H groups in total. The minimum atomic E-state index is -2.66. The van der Waals surface area contributed by atoms with E-state index in [2.05, 4.69) is 0 Å². The van der Waals surface area contributed by atoms with E-state index in [0.717, 1.165) is 10.9 Å². The Bertz CT molecular complexity index is 1570. The van der Waals surface area contributed by atoms with Crippen molar-refractivity contribution in [2.24, 2.45) is 17.6 Å². The summed E-state index contributed by atoms with van der Waals surface area (Å²) in [5, 5.41) is 56.0. The number of hydrogen-bond acceptors (Lipinski definition) is 10. The van der Waals surface area contributed by atoms with Gasteiger partial charge in [-0.15, -0.1) is 0 Å². The maximum Gasteiger partial charge on any atom is 0.255 e. The number of aliphatic hydroxyl groups excluding tert-OH is 3. The minimum absolute atomic E-state index is 0.00944. The molecule has 11 nitrogen and oxygen atoms in total. The lowest BCUT2D eigenvalue weighted by Crippen LogP contribution is -2.63. The Morgan fingerprint density at radius 1 is 1.15 bits per heavy atom. The van der Waals surface area contributed by atoms with Crippen molar-refractivity contribution in [1.29, 1.82) is 0 Å². The molecule has 0 unspecified atom stereocenters. The van der Waals surface area contributed by atoms with Crippen LogP contribution in [0.4, 0.5) is 0 Å². The first-order valence-corrected chi connectivity index (χ1v) is 13.2. The fourth-order valence-corrected chi connectivity index (χ4v) is 7.09. The van der Waals surface area contributed by atoms with Gasteiger partial charge in [-0.2, -0.15) is 0 Å². The van der Waals surface area contributed by atoms with Crippen LogP contribution in [0, 0.1) is 11.8 Å². The molecular weight excluding hydrogens is 518 g/mol. The van der Waals surface area contributed by atoms with Gasteiger partial charge >= 0.3 is 0 Å². The molecule has 40 heavy (non-hydrogen) atoms. The fourth-order valence-electron chi connectivity index (χ4n) is 7.09. The van der Waals surface area contributed by atoms with E-state index in [0.29, 0.717) is 30.6 Å². The maximum atomic E-state index is 13.9. The molecule has 0 aromatic heterocycles. The lowest BCUT2D eigenvalue weighted by atomic mass is 9.58. The van der Waals surface area contributed by atoms with Crippen molar-refractivity contribution in [3.05, 3.63) is 63.6 Å². The lowest BCUT2D eigenvalue weighted by molar-refractivity contribution is -0.148. The van der Waals surface area contributed by atoms with E-state index in [-0.39, 0.29) is 35.8 Å². The third-order valence-electron chi connectivity index (χ3n) is 8.94. The van der Waals surface area contributed by atoms with Crippen LogP contribution in [0.2, 0.25) is 0 Å². The molecule has 1 heterocycles. The van der Waals surface area contributed by atoms with Crippen LogP contribution in [0.15, 0.2) is 46.9 Å². The van der Waals surface area contributed by atoms with Gasteiger partial charge in [-0.25, -0.2) is 0 Å².